The van der Waals surface area contributed by atoms with Crippen LogP contribution in [0.25, 0.3) is 21.8 Å². The van der Waals surface area contributed by atoms with Crippen molar-refractivity contribution in [3.63, 3.8) is 0 Å². The molecular formula is C24H25N3O3. The number of amides is 1. The van der Waals surface area contributed by atoms with Crippen LogP contribution in [0.4, 0.5) is 0 Å². The summed E-state index contributed by atoms with van der Waals surface area (Å²) in [4.78, 5) is 16.5. The van der Waals surface area contributed by atoms with Gasteiger partial charge in [0.2, 0.25) is 0 Å². The molecule has 1 amide bonds. The van der Waals surface area contributed by atoms with E-state index in [9.17, 15) is 9.90 Å². The Balaban J connectivity index is 1.25. The summed E-state index contributed by atoms with van der Waals surface area (Å²) in [6.07, 6.45) is 1.03. The topological polar surface area (TPSA) is 61.9 Å². The molecule has 154 valence electrons. The molecule has 0 bridgehead atoms. The van der Waals surface area contributed by atoms with Crippen molar-refractivity contribution in [2.75, 3.05) is 32.7 Å². The van der Waals surface area contributed by atoms with E-state index in [1.807, 2.05) is 17.0 Å². The maximum absolute atomic E-state index is 12.4. The SMILES string of the molecule is O=C(c1ccco1)N1CCN(C[C@H](O)Cn2c3ccccc3c3ccccc32)CC1. The third kappa shape index (κ3) is 3.49. The number of benzene rings is 2. The monoisotopic (exact) mass is 403 g/mol. The molecule has 3 heterocycles. The first-order chi connectivity index (χ1) is 14.7. The molecule has 1 fully saturated rings. The van der Waals surface area contributed by atoms with Crippen molar-refractivity contribution in [2.45, 2.75) is 12.6 Å². The standard InChI is InChI=1S/C24H25N3O3/c28-18(16-25-11-13-26(14-12-25)24(29)23-10-5-15-30-23)17-27-21-8-3-1-6-19(21)20-7-2-4-9-22(20)27/h1-10,15,18,28H,11-14,16-17H2/t18-/m0/s1. The molecule has 0 radical (unpaired) electrons. The van der Waals surface area contributed by atoms with E-state index in [1.54, 1.807) is 12.1 Å². The fourth-order valence-electron chi connectivity index (χ4n) is 4.46. The number of piperazine rings is 1. The lowest BCUT2D eigenvalue weighted by atomic mass is 10.2. The molecule has 2 aromatic heterocycles. The highest BCUT2D eigenvalue weighted by molar-refractivity contribution is 6.07. The lowest BCUT2D eigenvalue weighted by Crippen LogP contribution is -2.50. The van der Waals surface area contributed by atoms with E-state index in [2.05, 4.69) is 45.9 Å². The van der Waals surface area contributed by atoms with E-state index in [0.29, 0.717) is 31.9 Å². The molecule has 0 spiro atoms. The Hall–Kier alpha value is -3.09. The molecule has 4 aromatic rings. The fourth-order valence-corrected chi connectivity index (χ4v) is 4.46. The number of fused-ring (bicyclic) bond motifs is 3. The van der Waals surface area contributed by atoms with E-state index in [-0.39, 0.29) is 5.91 Å². The van der Waals surface area contributed by atoms with Gasteiger partial charge in [0, 0.05) is 54.5 Å². The minimum Gasteiger partial charge on any atom is -0.459 e. The zero-order chi connectivity index (χ0) is 20.5. The van der Waals surface area contributed by atoms with Crippen LogP contribution in [0.15, 0.2) is 71.3 Å². The van der Waals surface area contributed by atoms with Crippen molar-refractivity contribution < 1.29 is 14.3 Å². The van der Waals surface area contributed by atoms with Crippen molar-refractivity contribution in [2.24, 2.45) is 0 Å². The number of furan rings is 1. The summed E-state index contributed by atoms with van der Waals surface area (Å²) < 4.78 is 7.44. The second-order valence-corrected chi connectivity index (χ2v) is 7.87. The molecule has 0 saturated carbocycles. The van der Waals surface area contributed by atoms with Gasteiger partial charge in [-0.05, 0) is 24.3 Å². The first kappa shape index (κ1) is 18.9. The lowest BCUT2D eigenvalue weighted by molar-refractivity contribution is 0.0481. The fraction of sp³-hybridized carbons (Fsp3) is 0.292. The average Bonchev–Trinajstić information content (AvgIpc) is 3.42. The lowest BCUT2D eigenvalue weighted by Gasteiger charge is -2.35. The molecule has 30 heavy (non-hydrogen) atoms. The third-order valence-corrected chi connectivity index (χ3v) is 5.93. The Kier molecular flexibility index (Phi) is 5.02. The van der Waals surface area contributed by atoms with Crippen LogP contribution in [-0.4, -0.2) is 64.2 Å². The van der Waals surface area contributed by atoms with Crippen LogP contribution in [0.1, 0.15) is 10.6 Å². The number of nitrogens with zero attached hydrogens (tertiary/aromatic N) is 3. The maximum Gasteiger partial charge on any atom is 0.289 e. The molecule has 1 N–H and O–H groups in total. The highest BCUT2D eigenvalue weighted by Gasteiger charge is 2.25. The molecular weight excluding hydrogens is 378 g/mol. The van der Waals surface area contributed by atoms with Gasteiger partial charge in [0.05, 0.1) is 18.9 Å². The number of aliphatic hydroxyl groups excluding tert-OH is 1. The number of β-amino-alcohol motifs (C(OH)–C–C–N with tert-alkyl or cyclic N) is 1. The van der Waals surface area contributed by atoms with Crippen molar-refractivity contribution in [1.29, 1.82) is 0 Å². The van der Waals surface area contributed by atoms with Crippen LogP contribution in [0.5, 0.6) is 0 Å². The minimum atomic E-state index is -0.489. The van der Waals surface area contributed by atoms with Crippen molar-refractivity contribution in [3.8, 4) is 0 Å². The average molecular weight is 403 g/mol. The number of hydrogen-bond donors (Lipinski definition) is 1. The third-order valence-electron chi connectivity index (χ3n) is 5.93. The number of hydrogen-bond acceptors (Lipinski definition) is 4. The normalized spacial score (nSPS) is 16.4. The maximum atomic E-state index is 12.4. The van der Waals surface area contributed by atoms with E-state index < -0.39 is 6.10 Å². The van der Waals surface area contributed by atoms with E-state index in [0.717, 1.165) is 24.1 Å². The van der Waals surface area contributed by atoms with Gasteiger partial charge in [-0.1, -0.05) is 36.4 Å². The van der Waals surface area contributed by atoms with Gasteiger partial charge in [-0.3, -0.25) is 9.69 Å². The predicted octanol–water partition coefficient (Wildman–Crippen LogP) is 3.21. The highest BCUT2D eigenvalue weighted by atomic mass is 16.3. The first-order valence-electron chi connectivity index (χ1n) is 10.4. The number of rotatable bonds is 5. The molecule has 1 atom stereocenters. The molecule has 6 nitrogen and oxygen atoms in total. The smallest absolute Gasteiger partial charge is 0.289 e. The molecule has 1 aliphatic rings. The van der Waals surface area contributed by atoms with Gasteiger partial charge in [0.1, 0.15) is 0 Å². The second-order valence-electron chi connectivity index (χ2n) is 7.87. The quantitative estimate of drug-likeness (QED) is 0.556. The summed E-state index contributed by atoms with van der Waals surface area (Å²) in [5.74, 6) is 0.320. The summed E-state index contributed by atoms with van der Waals surface area (Å²) >= 11 is 0. The van der Waals surface area contributed by atoms with Gasteiger partial charge < -0.3 is 19.0 Å². The molecule has 0 aliphatic carbocycles. The Morgan fingerprint density at radius 3 is 2.10 bits per heavy atom. The summed E-state index contributed by atoms with van der Waals surface area (Å²) in [7, 11) is 0. The van der Waals surface area contributed by atoms with Crippen LogP contribution >= 0.6 is 0 Å². The van der Waals surface area contributed by atoms with Gasteiger partial charge in [-0.15, -0.1) is 0 Å². The minimum absolute atomic E-state index is 0.0644. The van der Waals surface area contributed by atoms with Gasteiger partial charge in [-0.2, -0.15) is 0 Å². The second kappa shape index (κ2) is 7.97. The largest absolute Gasteiger partial charge is 0.459 e. The van der Waals surface area contributed by atoms with Crippen LogP contribution in [0.2, 0.25) is 0 Å². The number of aromatic nitrogens is 1. The van der Waals surface area contributed by atoms with E-state index >= 15 is 0 Å². The molecule has 1 aliphatic heterocycles. The van der Waals surface area contributed by atoms with E-state index in [4.69, 9.17) is 4.42 Å². The Labute approximate surface area is 174 Å². The van der Waals surface area contributed by atoms with Gasteiger partial charge in [0.25, 0.3) is 5.91 Å². The van der Waals surface area contributed by atoms with Crippen molar-refractivity contribution in [3.05, 3.63) is 72.7 Å². The van der Waals surface area contributed by atoms with Gasteiger partial charge >= 0.3 is 0 Å². The molecule has 5 rings (SSSR count). The summed E-state index contributed by atoms with van der Waals surface area (Å²) in [5.41, 5.74) is 2.29. The van der Waals surface area contributed by atoms with Crippen LogP contribution in [-0.2, 0) is 6.54 Å². The Morgan fingerprint density at radius 1 is 0.867 bits per heavy atom. The highest BCUT2D eigenvalue weighted by Crippen LogP contribution is 2.29. The number of para-hydroxylation sites is 2. The molecule has 2 aromatic carbocycles. The molecule has 6 heteroatoms. The van der Waals surface area contributed by atoms with Crippen LogP contribution < -0.4 is 0 Å². The van der Waals surface area contributed by atoms with Crippen LogP contribution in [0, 0.1) is 0 Å². The summed E-state index contributed by atoms with van der Waals surface area (Å²) in [6, 6.07) is 20.1. The zero-order valence-corrected chi connectivity index (χ0v) is 16.8. The Morgan fingerprint density at radius 2 is 1.50 bits per heavy atom. The zero-order valence-electron chi connectivity index (χ0n) is 16.8. The molecule has 0 unspecified atom stereocenters. The van der Waals surface area contributed by atoms with Crippen molar-refractivity contribution in [1.82, 2.24) is 14.4 Å². The molecule has 1 saturated heterocycles. The summed E-state index contributed by atoms with van der Waals surface area (Å²) in [6.45, 7) is 3.90. The summed E-state index contributed by atoms with van der Waals surface area (Å²) in [5, 5.41) is 13.3. The first-order valence-corrected chi connectivity index (χ1v) is 10.4. The van der Waals surface area contributed by atoms with E-state index in [1.165, 1.54) is 17.0 Å². The van der Waals surface area contributed by atoms with Gasteiger partial charge in [0.15, 0.2) is 5.76 Å². The number of carbonyl (C=O) groups is 1. The predicted molar refractivity (Wildman–Crippen MR) is 117 cm³/mol. The Bertz CT molecular complexity index is 1100. The number of aliphatic hydroxyl groups is 1. The number of carbonyl (C=O) groups excluding carboxylic acids is 1. The van der Waals surface area contributed by atoms with Gasteiger partial charge in [-0.25, -0.2) is 0 Å². The van der Waals surface area contributed by atoms with Crippen LogP contribution in [0.3, 0.4) is 0 Å². The van der Waals surface area contributed by atoms with Crippen molar-refractivity contribution >= 4 is 27.7 Å².